The van der Waals surface area contributed by atoms with E-state index in [-0.39, 0.29) is 42.1 Å². The first-order valence-electron chi connectivity index (χ1n) is 9.96. The minimum Gasteiger partial charge on any atom is -0.381 e. The van der Waals surface area contributed by atoms with Crippen molar-refractivity contribution in [2.75, 3.05) is 32.8 Å². The van der Waals surface area contributed by atoms with Gasteiger partial charge in [-0.3, -0.25) is 14.4 Å². The molecular weight excluding hydrogens is 358 g/mol. The summed E-state index contributed by atoms with van der Waals surface area (Å²) in [6, 6.07) is 7.28. The van der Waals surface area contributed by atoms with Crippen molar-refractivity contribution in [3.05, 3.63) is 35.4 Å². The van der Waals surface area contributed by atoms with Gasteiger partial charge in [-0.2, -0.15) is 0 Å². The van der Waals surface area contributed by atoms with Crippen LogP contribution < -0.4 is 10.6 Å². The van der Waals surface area contributed by atoms with Crippen molar-refractivity contribution in [1.82, 2.24) is 15.5 Å². The van der Waals surface area contributed by atoms with Gasteiger partial charge >= 0.3 is 0 Å². The lowest BCUT2D eigenvalue weighted by Gasteiger charge is -2.41. The molecule has 7 nitrogen and oxygen atoms in total. The Hall–Kier alpha value is -2.41. The molecule has 28 heavy (non-hydrogen) atoms. The van der Waals surface area contributed by atoms with Gasteiger partial charge in [-0.15, -0.1) is 0 Å². The number of amides is 3. The van der Waals surface area contributed by atoms with Crippen molar-refractivity contribution in [2.45, 2.75) is 32.7 Å². The van der Waals surface area contributed by atoms with Gasteiger partial charge in [-0.1, -0.05) is 25.1 Å². The molecule has 3 atom stereocenters. The molecule has 3 rings (SSSR count). The van der Waals surface area contributed by atoms with E-state index in [0.29, 0.717) is 25.3 Å². The topological polar surface area (TPSA) is 87.7 Å². The van der Waals surface area contributed by atoms with Crippen LogP contribution in [0.5, 0.6) is 0 Å². The average molecular weight is 387 g/mol. The van der Waals surface area contributed by atoms with Crippen molar-refractivity contribution in [2.24, 2.45) is 11.8 Å². The zero-order valence-corrected chi connectivity index (χ0v) is 16.6. The molecule has 2 aliphatic rings. The van der Waals surface area contributed by atoms with Crippen LogP contribution in [0.2, 0.25) is 0 Å². The van der Waals surface area contributed by atoms with E-state index in [1.807, 2.05) is 26.0 Å². The van der Waals surface area contributed by atoms with Crippen LogP contribution in [-0.4, -0.2) is 61.5 Å². The zero-order valence-electron chi connectivity index (χ0n) is 16.6. The highest BCUT2D eigenvalue weighted by Gasteiger charge is 2.33. The van der Waals surface area contributed by atoms with Crippen molar-refractivity contribution in [3.8, 4) is 0 Å². The fraction of sp³-hybridized carbons (Fsp3) is 0.571. The molecule has 2 saturated heterocycles. The van der Waals surface area contributed by atoms with E-state index >= 15 is 0 Å². The van der Waals surface area contributed by atoms with Gasteiger partial charge in [0.2, 0.25) is 11.8 Å². The number of likely N-dealkylation sites (tertiary alicyclic amines) is 1. The second kappa shape index (κ2) is 9.19. The lowest BCUT2D eigenvalue weighted by molar-refractivity contribution is -0.138. The lowest BCUT2D eigenvalue weighted by atomic mass is 9.92. The Morgan fingerprint density at radius 3 is 2.64 bits per heavy atom. The summed E-state index contributed by atoms with van der Waals surface area (Å²) in [5.74, 6) is -0.160. The van der Waals surface area contributed by atoms with Crippen molar-refractivity contribution in [3.63, 3.8) is 0 Å². The molecule has 2 fully saturated rings. The Balaban J connectivity index is 1.42. The molecule has 2 aliphatic heterocycles. The molecular formula is C21H29N3O4. The van der Waals surface area contributed by atoms with Crippen LogP contribution in [0.1, 0.15) is 35.7 Å². The first-order valence-corrected chi connectivity index (χ1v) is 9.96. The summed E-state index contributed by atoms with van der Waals surface area (Å²) in [6.07, 6.45) is 1.78. The minimum absolute atomic E-state index is 0.00107. The largest absolute Gasteiger partial charge is 0.381 e. The number of hydrogen-bond donors (Lipinski definition) is 2. The van der Waals surface area contributed by atoms with Crippen LogP contribution in [0.25, 0.3) is 0 Å². The smallest absolute Gasteiger partial charge is 0.251 e. The highest BCUT2D eigenvalue weighted by molar-refractivity contribution is 5.97. The van der Waals surface area contributed by atoms with Crippen LogP contribution in [-0.2, 0) is 14.3 Å². The van der Waals surface area contributed by atoms with Gasteiger partial charge in [-0.25, -0.2) is 0 Å². The summed E-state index contributed by atoms with van der Waals surface area (Å²) >= 11 is 0. The number of ether oxygens (including phenoxy) is 1. The number of aryl methyl sites for hydroxylation is 1. The molecule has 0 aromatic heterocycles. The summed E-state index contributed by atoms with van der Waals surface area (Å²) in [6.45, 7) is 6.24. The molecule has 152 valence electrons. The van der Waals surface area contributed by atoms with Crippen molar-refractivity contribution >= 4 is 17.7 Å². The third-order valence-electron chi connectivity index (χ3n) is 5.85. The summed E-state index contributed by atoms with van der Waals surface area (Å²) < 4.78 is 5.35. The quantitative estimate of drug-likeness (QED) is 0.734. The first kappa shape index (κ1) is 20.3. The molecule has 1 aromatic rings. The molecule has 7 heteroatoms. The number of carbonyl (C=O) groups excluding carboxylic acids is 3. The molecule has 0 aliphatic carbocycles. The molecule has 0 spiro atoms. The second-order valence-corrected chi connectivity index (χ2v) is 7.68. The second-order valence-electron chi connectivity index (χ2n) is 7.68. The summed E-state index contributed by atoms with van der Waals surface area (Å²) in [4.78, 5) is 38.7. The fourth-order valence-electron chi connectivity index (χ4n) is 3.70. The van der Waals surface area contributed by atoms with Crippen LogP contribution in [0.15, 0.2) is 24.3 Å². The van der Waals surface area contributed by atoms with Gasteiger partial charge in [0.25, 0.3) is 5.91 Å². The number of nitrogens with zero attached hydrogens (tertiary/aromatic N) is 1. The molecule has 0 radical (unpaired) electrons. The number of carbonyl (C=O) groups is 3. The van der Waals surface area contributed by atoms with Crippen LogP contribution in [0.3, 0.4) is 0 Å². The Morgan fingerprint density at radius 2 is 2.00 bits per heavy atom. The Labute approximate surface area is 165 Å². The molecule has 2 N–H and O–H groups in total. The fourth-order valence-corrected chi connectivity index (χ4v) is 3.70. The highest BCUT2D eigenvalue weighted by atomic mass is 16.5. The number of nitrogens with one attached hydrogen (secondary N) is 2. The number of hydrogen-bond acceptors (Lipinski definition) is 4. The maximum atomic E-state index is 12.4. The normalized spacial score (nSPS) is 22.3. The first-order chi connectivity index (χ1) is 13.5. The van der Waals surface area contributed by atoms with E-state index in [9.17, 15) is 14.4 Å². The molecule has 3 amide bonds. The molecule has 1 aromatic carbocycles. The predicted molar refractivity (Wildman–Crippen MR) is 105 cm³/mol. The van der Waals surface area contributed by atoms with Crippen LogP contribution in [0, 0.1) is 18.8 Å². The molecule has 2 heterocycles. The van der Waals surface area contributed by atoms with Gasteiger partial charge in [0.05, 0.1) is 19.2 Å². The van der Waals surface area contributed by atoms with Crippen molar-refractivity contribution < 1.29 is 19.1 Å². The Bertz CT molecular complexity index is 730. The van der Waals surface area contributed by atoms with Gasteiger partial charge in [-0.05, 0) is 37.3 Å². The third kappa shape index (κ3) is 4.70. The van der Waals surface area contributed by atoms with Gasteiger partial charge in [0.15, 0.2) is 0 Å². The number of benzene rings is 1. The van der Waals surface area contributed by atoms with E-state index < -0.39 is 0 Å². The maximum absolute atomic E-state index is 12.4. The molecule has 3 unspecified atom stereocenters. The van der Waals surface area contributed by atoms with Gasteiger partial charge in [0.1, 0.15) is 0 Å². The standard InChI is InChI=1S/C21H29N3O4/c1-14-5-3-4-6-18(14)21(27)23-12-19(25)24-9-7-17(24)11-22-20(26)15(2)16-8-10-28-13-16/h3-6,15-17H,7-13H2,1-2H3,(H,22,26)(H,23,27). The van der Waals surface area contributed by atoms with E-state index in [4.69, 9.17) is 4.74 Å². The van der Waals surface area contributed by atoms with Crippen LogP contribution in [0.4, 0.5) is 0 Å². The molecule has 0 saturated carbocycles. The lowest BCUT2D eigenvalue weighted by Crippen LogP contribution is -2.58. The van der Waals surface area contributed by atoms with E-state index in [0.717, 1.165) is 25.0 Å². The van der Waals surface area contributed by atoms with Crippen molar-refractivity contribution in [1.29, 1.82) is 0 Å². The minimum atomic E-state index is -0.246. The zero-order chi connectivity index (χ0) is 20.1. The van der Waals surface area contributed by atoms with Gasteiger partial charge < -0.3 is 20.3 Å². The summed E-state index contributed by atoms with van der Waals surface area (Å²) in [7, 11) is 0. The van der Waals surface area contributed by atoms with E-state index in [2.05, 4.69) is 10.6 Å². The Kier molecular flexibility index (Phi) is 6.67. The molecule has 0 bridgehead atoms. The summed E-state index contributed by atoms with van der Waals surface area (Å²) in [5, 5.41) is 5.67. The van der Waals surface area contributed by atoms with E-state index in [1.54, 1.807) is 17.0 Å². The highest BCUT2D eigenvalue weighted by Crippen LogP contribution is 2.22. The average Bonchev–Trinajstić information content (AvgIpc) is 3.19. The maximum Gasteiger partial charge on any atom is 0.251 e. The predicted octanol–water partition coefficient (Wildman–Crippen LogP) is 1.11. The SMILES string of the molecule is Cc1ccccc1C(=O)NCC(=O)N1CCC1CNC(=O)C(C)C1CCOC1. The Morgan fingerprint density at radius 1 is 1.21 bits per heavy atom. The van der Waals surface area contributed by atoms with E-state index in [1.165, 1.54) is 0 Å². The van der Waals surface area contributed by atoms with Gasteiger partial charge in [0, 0.05) is 31.2 Å². The third-order valence-corrected chi connectivity index (χ3v) is 5.85. The van der Waals surface area contributed by atoms with Crippen LogP contribution >= 0.6 is 0 Å². The summed E-state index contributed by atoms with van der Waals surface area (Å²) in [5.41, 5.74) is 1.45. The monoisotopic (exact) mass is 387 g/mol. The number of rotatable bonds is 7.